The van der Waals surface area contributed by atoms with Crippen molar-refractivity contribution in [3.8, 4) is 6.07 Å². The zero-order valence-electron chi connectivity index (χ0n) is 17.0. The van der Waals surface area contributed by atoms with Crippen molar-refractivity contribution in [1.82, 2.24) is 0 Å². The number of rotatable bonds is 3. The van der Waals surface area contributed by atoms with Crippen molar-refractivity contribution in [3.63, 3.8) is 0 Å². The number of ketones is 1. The van der Waals surface area contributed by atoms with E-state index in [0.29, 0.717) is 23.4 Å². The molecule has 1 heterocycles. The Kier molecular flexibility index (Phi) is 5.40. The molecule has 1 atom stereocenters. The molecule has 2 aromatic carbocycles. The monoisotopic (exact) mass is 462 g/mol. The van der Waals surface area contributed by atoms with Crippen LogP contribution in [0.3, 0.4) is 0 Å². The molecule has 0 spiro atoms. The Hall–Kier alpha value is -3.04. The van der Waals surface area contributed by atoms with Crippen LogP contribution in [-0.4, -0.2) is 19.9 Å². The van der Waals surface area contributed by atoms with Crippen molar-refractivity contribution in [2.75, 3.05) is 23.9 Å². The van der Waals surface area contributed by atoms with E-state index in [0.717, 1.165) is 39.9 Å². The lowest BCUT2D eigenvalue weighted by Crippen LogP contribution is -2.38. The third kappa shape index (κ3) is 3.40. The highest BCUT2D eigenvalue weighted by atomic mass is 79.9. The van der Waals surface area contributed by atoms with E-state index in [1.165, 1.54) is 0 Å². The number of nitriles is 1. The molecule has 152 valence electrons. The van der Waals surface area contributed by atoms with Gasteiger partial charge in [0, 0.05) is 47.6 Å². The molecule has 0 unspecified atom stereocenters. The molecule has 6 heteroatoms. The number of nitrogens with two attached hydrogens (primary N) is 1. The van der Waals surface area contributed by atoms with Gasteiger partial charge in [0.25, 0.3) is 0 Å². The van der Waals surface area contributed by atoms with Gasteiger partial charge in [-0.3, -0.25) is 9.69 Å². The van der Waals surface area contributed by atoms with E-state index in [-0.39, 0.29) is 5.78 Å². The van der Waals surface area contributed by atoms with Gasteiger partial charge in [0.1, 0.15) is 5.82 Å². The molecule has 1 aliphatic carbocycles. The predicted octanol–water partition coefficient (Wildman–Crippen LogP) is 4.82. The van der Waals surface area contributed by atoms with Gasteiger partial charge in [-0.15, -0.1) is 0 Å². The first-order valence-corrected chi connectivity index (χ1v) is 10.7. The Bertz CT molecular complexity index is 1090. The van der Waals surface area contributed by atoms with E-state index >= 15 is 0 Å². The van der Waals surface area contributed by atoms with E-state index < -0.39 is 5.92 Å². The number of hydrogen-bond acceptors (Lipinski definition) is 5. The van der Waals surface area contributed by atoms with Gasteiger partial charge in [-0.05, 0) is 54.8 Å². The number of hydrogen-bond donors (Lipinski definition) is 1. The Labute approximate surface area is 185 Å². The van der Waals surface area contributed by atoms with E-state index in [1.807, 2.05) is 72.4 Å². The fraction of sp³-hybridized carbons (Fsp3) is 0.250. The van der Waals surface area contributed by atoms with Crippen LogP contribution >= 0.6 is 15.9 Å². The molecule has 0 saturated carbocycles. The summed E-state index contributed by atoms with van der Waals surface area (Å²) in [4.78, 5) is 17.0. The van der Waals surface area contributed by atoms with Crippen molar-refractivity contribution in [1.29, 1.82) is 5.26 Å². The van der Waals surface area contributed by atoms with Gasteiger partial charge in [-0.25, -0.2) is 0 Å². The molecule has 2 N–H and O–H groups in total. The zero-order chi connectivity index (χ0) is 21.4. The third-order valence-electron chi connectivity index (χ3n) is 5.74. The van der Waals surface area contributed by atoms with Gasteiger partial charge in [-0.1, -0.05) is 28.1 Å². The molecule has 4 rings (SSSR count). The highest BCUT2D eigenvalue weighted by Crippen LogP contribution is 2.46. The van der Waals surface area contributed by atoms with E-state index in [4.69, 9.17) is 5.73 Å². The van der Waals surface area contributed by atoms with Crippen LogP contribution in [0.4, 0.5) is 11.4 Å². The topological polar surface area (TPSA) is 73.4 Å². The fourth-order valence-corrected chi connectivity index (χ4v) is 4.53. The second-order valence-electron chi connectivity index (χ2n) is 7.78. The van der Waals surface area contributed by atoms with Crippen LogP contribution in [-0.2, 0) is 4.79 Å². The molecule has 0 amide bonds. The first-order chi connectivity index (χ1) is 14.4. The summed E-state index contributed by atoms with van der Waals surface area (Å²) in [5.41, 5.74) is 11.4. The number of anilines is 2. The lowest BCUT2D eigenvalue weighted by atomic mass is 9.75. The second-order valence-corrected chi connectivity index (χ2v) is 8.69. The molecule has 0 saturated heterocycles. The number of nitrogens with zero attached hydrogens (tertiary/aromatic N) is 3. The molecule has 2 aliphatic rings. The molecule has 0 bridgehead atoms. The highest BCUT2D eigenvalue weighted by Gasteiger charge is 2.40. The molecular formula is C24H23BrN4O. The van der Waals surface area contributed by atoms with Crippen LogP contribution in [0.15, 0.2) is 75.7 Å². The van der Waals surface area contributed by atoms with Crippen molar-refractivity contribution in [2.24, 2.45) is 5.73 Å². The molecule has 0 fully saturated rings. The standard InChI is InChI=1S/C24H23BrN4O/c1-28(2)17-10-6-15(7-11-17)22-19(14-26)24(27)29(18-12-8-16(25)9-13-18)20-4-3-5-21(30)23(20)22/h6-13,22H,3-5,27H2,1-2H3/t22-/m1/s1. The zero-order valence-corrected chi connectivity index (χ0v) is 18.6. The van der Waals surface area contributed by atoms with Crippen molar-refractivity contribution >= 4 is 33.1 Å². The minimum atomic E-state index is -0.430. The van der Waals surface area contributed by atoms with Gasteiger partial charge in [0.2, 0.25) is 0 Å². The normalized spacial score (nSPS) is 18.9. The number of carbonyl (C=O) groups is 1. The van der Waals surface area contributed by atoms with Gasteiger partial charge < -0.3 is 10.6 Å². The maximum absolute atomic E-state index is 13.1. The van der Waals surface area contributed by atoms with Crippen molar-refractivity contribution < 1.29 is 4.79 Å². The maximum atomic E-state index is 13.1. The summed E-state index contributed by atoms with van der Waals surface area (Å²) in [6, 6.07) is 18.1. The first-order valence-electron chi connectivity index (χ1n) is 9.91. The van der Waals surface area contributed by atoms with Crippen LogP contribution < -0.4 is 15.5 Å². The number of halogens is 1. The molecule has 0 radical (unpaired) electrons. The summed E-state index contributed by atoms with van der Waals surface area (Å²) in [6.07, 6.45) is 2.03. The summed E-state index contributed by atoms with van der Waals surface area (Å²) < 4.78 is 0.957. The summed E-state index contributed by atoms with van der Waals surface area (Å²) in [5, 5.41) is 10.1. The quantitative estimate of drug-likeness (QED) is 0.707. The van der Waals surface area contributed by atoms with Gasteiger partial charge in [0.05, 0.1) is 17.6 Å². The fourth-order valence-electron chi connectivity index (χ4n) is 4.27. The molecule has 0 aromatic heterocycles. The van der Waals surface area contributed by atoms with Crippen LogP contribution in [0.1, 0.15) is 30.7 Å². The molecule has 2 aromatic rings. The van der Waals surface area contributed by atoms with Gasteiger partial charge >= 0.3 is 0 Å². The number of benzene rings is 2. The lowest BCUT2D eigenvalue weighted by molar-refractivity contribution is -0.116. The number of Topliss-reactive ketones (excluding diaryl/α,β-unsaturated/α-hetero) is 1. The van der Waals surface area contributed by atoms with E-state index in [1.54, 1.807) is 0 Å². The summed E-state index contributed by atoms with van der Waals surface area (Å²) >= 11 is 3.46. The number of allylic oxidation sites excluding steroid dienone is 3. The maximum Gasteiger partial charge on any atom is 0.161 e. The predicted molar refractivity (Wildman–Crippen MR) is 123 cm³/mol. The third-order valence-corrected chi connectivity index (χ3v) is 6.27. The Morgan fingerprint density at radius 3 is 2.37 bits per heavy atom. The van der Waals surface area contributed by atoms with Crippen LogP contribution in [0.2, 0.25) is 0 Å². The Balaban J connectivity index is 1.91. The first kappa shape index (κ1) is 20.2. The lowest BCUT2D eigenvalue weighted by Gasteiger charge is -2.39. The van der Waals surface area contributed by atoms with Crippen molar-refractivity contribution in [2.45, 2.75) is 25.2 Å². The van der Waals surface area contributed by atoms with E-state index in [2.05, 4.69) is 22.0 Å². The highest BCUT2D eigenvalue weighted by molar-refractivity contribution is 9.10. The minimum absolute atomic E-state index is 0.0975. The van der Waals surface area contributed by atoms with Crippen LogP contribution in [0.25, 0.3) is 0 Å². The second kappa shape index (κ2) is 8.00. The summed E-state index contributed by atoms with van der Waals surface area (Å²) in [5.74, 6) is 0.0657. The average Bonchev–Trinajstić information content (AvgIpc) is 2.74. The molecule has 5 nitrogen and oxygen atoms in total. The Morgan fingerprint density at radius 2 is 1.77 bits per heavy atom. The van der Waals surface area contributed by atoms with Crippen LogP contribution in [0.5, 0.6) is 0 Å². The van der Waals surface area contributed by atoms with Gasteiger partial charge in [0.15, 0.2) is 5.78 Å². The average molecular weight is 463 g/mol. The SMILES string of the molecule is CN(C)c1ccc([C@@H]2C(C#N)=C(N)N(c3ccc(Br)cc3)C3=C2C(=O)CCC3)cc1. The van der Waals surface area contributed by atoms with Crippen molar-refractivity contribution in [3.05, 3.63) is 81.2 Å². The van der Waals surface area contributed by atoms with Crippen LogP contribution in [0, 0.1) is 11.3 Å². The Morgan fingerprint density at radius 1 is 1.10 bits per heavy atom. The summed E-state index contributed by atoms with van der Waals surface area (Å²) in [7, 11) is 3.96. The molecule has 1 aliphatic heterocycles. The van der Waals surface area contributed by atoms with E-state index in [9.17, 15) is 10.1 Å². The largest absolute Gasteiger partial charge is 0.384 e. The minimum Gasteiger partial charge on any atom is -0.384 e. The molecule has 30 heavy (non-hydrogen) atoms. The molecular weight excluding hydrogens is 440 g/mol. The summed E-state index contributed by atoms with van der Waals surface area (Å²) in [6.45, 7) is 0. The smallest absolute Gasteiger partial charge is 0.161 e. The number of carbonyl (C=O) groups excluding carboxylic acids is 1. The van der Waals surface area contributed by atoms with Gasteiger partial charge in [-0.2, -0.15) is 5.26 Å².